The summed E-state index contributed by atoms with van der Waals surface area (Å²) in [5.41, 5.74) is 1.35. The van der Waals surface area contributed by atoms with Crippen LogP contribution in [0.4, 0.5) is 0 Å². The molecule has 3 rings (SSSR count). The highest BCUT2D eigenvalue weighted by Crippen LogP contribution is 2.46. The first-order valence-corrected chi connectivity index (χ1v) is 5.07. The molecule has 0 amide bonds. The van der Waals surface area contributed by atoms with E-state index in [0.717, 1.165) is 17.9 Å². The molecule has 0 aromatic carbocycles. The summed E-state index contributed by atoms with van der Waals surface area (Å²) in [4.78, 5) is 4.11. The lowest BCUT2D eigenvalue weighted by molar-refractivity contribution is 0.0749. The van der Waals surface area contributed by atoms with Crippen molar-refractivity contribution in [2.24, 2.45) is 5.92 Å². The van der Waals surface area contributed by atoms with Gasteiger partial charge in [0.15, 0.2) is 0 Å². The number of piperidine rings is 1. The van der Waals surface area contributed by atoms with Gasteiger partial charge in [-0.2, -0.15) is 0 Å². The van der Waals surface area contributed by atoms with E-state index in [1.807, 2.05) is 12.3 Å². The summed E-state index contributed by atoms with van der Waals surface area (Å²) in [5.74, 6) is 1.60. The van der Waals surface area contributed by atoms with Crippen molar-refractivity contribution >= 4 is 11.6 Å². The van der Waals surface area contributed by atoms with Crippen LogP contribution in [0.3, 0.4) is 0 Å². The average Bonchev–Trinajstić information content (AvgIpc) is 2.12. The predicted octanol–water partition coefficient (Wildman–Crippen LogP) is 1.81. The van der Waals surface area contributed by atoms with Gasteiger partial charge in [0.05, 0.1) is 0 Å². The molecule has 13 heavy (non-hydrogen) atoms. The number of nitrogens with zero attached hydrogens (tertiary/aromatic N) is 1. The molecule has 1 N–H and O–H groups in total. The smallest absolute Gasteiger partial charge is 0.129 e. The van der Waals surface area contributed by atoms with Gasteiger partial charge in [-0.3, -0.25) is 0 Å². The maximum atomic E-state index is 5.73. The molecule has 0 spiro atoms. The van der Waals surface area contributed by atoms with E-state index in [-0.39, 0.29) is 0 Å². The number of rotatable bonds is 1. The number of hydrogen-bond acceptors (Lipinski definition) is 2. The SMILES string of the molecule is Clc1ccc([C@@H]2CC3NCC32)cn1. The molecule has 1 aromatic heterocycles. The van der Waals surface area contributed by atoms with Gasteiger partial charge in [-0.1, -0.05) is 17.7 Å². The van der Waals surface area contributed by atoms with E-state index >= 15 is 0 Å². The molecule has 3 atom stereocenters. The summed E-state index contributed by atoms with van der Waals surface area (Å²) < 4.78 is 0. The molecule has 0 radical (unpaired) electrons. The van der Waals surface area contributed by atoms with Crippen molar-refractivity contribution in [2.45, 2.75) is 18.4 Å². The van der Waals surface area contributed by atoms with E-state index in [1.54, 1.807) is 0 Å². The Morgan fingerprint density at radius 1 is 1.46 bits per heavy atom. The lowest BCUT2D eigenvalue weighted by atomic mass is 9.62. The second-order valence-electron chi connectivity index (χ2n) is 3.94. The third kappa shape index (κ3) is 1.09. The molecule has 2 heterocycles. The maximum absolute atomic E-state index is 5.73. The molecule has 2 nitrogen and oxygen atoms in total. The van der Waals surface area contributed by atoms with Crippen LogP contribution in [0.15, 0.2) is 18.3 Å². The largest absolute Gasteiger partial charge is 0.313 e. The number of hydrogen-bond donors (Lipinski definition) is 1. The first-order valence-electron chi connectivity index (χ1n) is 4.69. The lowest BCUT2D eigenvalue weighted by Crippen LogP contribution is -2.63. The van der Waals surface area contributed by atoms with Gasteiger partial charge in [0.1, 0.15) is 5.15 Å². The first-order chi connectivity index (χ1) is 6.34. The molecule has 1 aromatic rings. The highest BCUT2D eigenvalue weighted by Gasteiger charge is 2.47. The number of aromatic nitrogens is 1. The van der Waals surface area contributed by atoms with Gasteiger partial charge in [-0.25, -0.2) is 4.98 Å². The molecule has 68 valence electrons. The van der Waals surface area contributed by atoms with Gasteiger partial charge in [-0.05, 0) is 29.9 Å². The zero-order chi connectivity index (χ0) is 8.84. The van der Waals surface area contributed by atoms with E-state index in [4.69, 9.17) is 11.6 Å². The van der Waals surface area contributed by atoms with Crippen molar-refractivity contribution in [1.82, 2.24) is 10.3 Å². The fourth-order valence-corrected chi connectivity index (χ4v) is 2.46. The summed E-state index contributed by atoms with van der Waals surface area (Å²) in [5, 5.41) is 4.00. The van der Waals surface area contributed by atoms with E-state index < -0.39 is 0 Å². The minimum absolute atomic E-state index is 0.589. The van der Waals surface area contributed by atoms with Gasteiger partial charge in [0, 0.05) is 18.8 Å². The Morgan fingerprint density at radius 3 is 2.85 bits per heavy atom. The van der Waals surface area contributed by atoms with E-state index in [2.05, 4.69) is 16.4 Å². The molecule has 2 unspecified atom stereocenters. The van der Waals surface area contributed by atoms with Crippen molar-refractivity contribution < 1.29 is 0 Å². The Morgan fingerprint density at radius 2 is 2.38 bits per heavy atom. The zero-order valence-corrected chi connectivity index (χ0v) is 7.96. The van der Waals surface area contributed by atoms with Gasteiger partial charge in [0.25, 0.3) is 0 Å². The fourth-order valence-electron chi connectivity index (χ4n) is 2.34. The number of halogens is 1. The predicted molar refractivity (Wildman–Crippen MR) is 51.9 cm³/mol. The lowest BCUT2D eigenvalue weighted by Gasteiger charge is -2.54. The van der Waals surface area contributed by atoms with Gasteiger partial charge < -0.3 is 5.32 Å². The van der Waals surface area contributed by atoms with Crippen LogP contribution in [0.1, 0.15) is 17.9 Å². The second-order valence-corrected chi connectivity index (χ2v) is 4.32. The summed E-state index contributed by atoms with van der Waals surface area (Å²) in [7, 11) is 0. The number of fused-ring (bicyclic) bond motifs is 1. The molecule has 2 fully saturated rings. The van der Waals surface area contributed by atoms with Crippen LogP contribution < -0.4 is 5.32 Å². The van der Waals surface area contributed by atoms with Crippen molar-refractivity contribution in [3.8, 4) is 0 Å². The molecule has 1 aliphatic heterocycles. The number of nitrogens with one attached hydrogen (secondary N) is 1. The van der Waals surface area contributed by atoms with Crippen LogP contribution in [0.5, 0.6) is 0 Å². The Balaban J connectivity index is 1.81. The van der Waals surface area contributed by atoms with Crippen LogP contribution in [-0.2, 0) is 0 Å². The molecule has 3 heteroatoms. The van der Waals surface area contributed by atoms with Crippen molar-refractivity contribution in [3.05, 3.63) is 29.0 Å². The molecule has 1 saturated carbocycles. The Labute approximate surface area is 82.3 Å². The molecule has 1 saturated heterocycles. The standard InChI is InChI=1S/C10H11ClN2/c11-10-2-1-6(4-13-10)7-3-9-8(7)5-12-9/h1-2,4,7-9,12H,3,5H2/t7-,8?,9?/m0/s1. The summed E-state index contributed by atoms with van der Waals surface area (Å²) in [6, 6.07) is 4.78. The van der Waals surface area contributed by atoms with E-state index in [0.29, 0.717) is 5.15 Å². The van der Waals surface area contributed by atoms with Gasteiger partial charge in [-0.15, -0.1) is 0 Å². The zero-order valence-electron chi connectivity index (χ0n) is 7.20. The average molecular weight is 195 g/mol. The Bertz CT molecular complexity index is 322. The molecular formula is C10H11ClN2. The monoisotopic (exact) mass is 194 g/mol. The quantitative estimate of drug-likeness (QED) is 0.690. The van der Waals surface area contributed by atoms with Gasteiger partial charge >= 0.3 is 0 Å². The van der Waals surface area contributed by atoms with Crippen LogP contribution in [-0.4, -0.2) is 17.6 Å². The normalized spacial score (nSPS) is 35.9. The van der Waals surface area contributed by atoms with Crippen LogP contribution in [0.25, 0.3) is 0 Å². The Kier molecular flexibility index (Phi) is 1.61. The minimum Gasteiger partial charge on any atom is -0.313 e. The van der Waals surface area contributed by atoms with Crippen LogP contribution >= 0.6 is 11.6 Å². The third-order valence-corrected chi connectivity index (χ3v) is 3.56. The summed E-state index contributed by atoms with van der Waals surface area (Å²) in [6.45, 7) is 1.18. The van der Waals surface area contributed by atoms with Gasteiger partial charge in [0.2, 0.25) is 0 Å². The minimum atomic E-state index is 0.589. The van der Waals surface area contributed by atoms with Crippen LogP contribution in [0.2, 0.25) is 5.15 Å². The van der Waals surface area contributed by atoms with Crippen molar-refractivity contribution in [3.63, 3.8) is 0 Å². The summed E-state index contributed by atoms with van der Waals surface area (Å²) in [6.07, 6.45) is 3.19. The molecule has 0 bridgehead atoms. The fraction of sp³-hybridized carbons (Fsp3) is 0.500. The van der Waals surface area contributed by atoms with Crippen LogP contribution in [0, 0.1) is 5.92 Å². The molecular weight excluding hydrogens is 184 g/mol. The topological polar surface area (TPSA) is 24.9 Å². The van der Waals surface area contributed by atoms with E-state index in [1.165, 1.54) is 18.5 Å². The summed E-state index contributed by atoms with van der Waals surface area (Å²) >= 11 is 5.73. The Hall–Kier alpha value is -0.600. The second kappa shape index (κ2) is 2.69. The highest BCUT2D eigenvalue weighted by atomic mass is 35.5. The molecule has 2 aliphatic rings. The first kappa shape index (κ1) is 7.77. The molecule has 1 aliphatic carbocycles. The van der Waals surface area contributed by atoms with Crippen molar-refractivity contribution in [2.75, 3.05) is 6.54 Å². The maximum Gasteiger partial charge on any atom is 0.129 e. The third-order valence-electron chi connectivity index (χ3n) is 3.34. The van der Waals surface area contributed by atoms with Crippen molar-refractivity contribution in [1.29, 1.82) is 0 Å². The van der Waals surface area contributed by atoms with E-state index in [9.17, 15) is 0 Å². The number of pyridine rings is 1. The highest BCUT2D eigenvalue weighted by molar-refractivity contribution is 6.29.